The van der Waals surface area contributed by atoms with Crippen LogP contribution in [0.4, 0.5) is 5.69 Å². The van der Waals surface area contributed by atoms with Gasteiger partial charge in [-0.15, -0.1) is 0 Å². The fourth-order valence-electron chi connectivity index (χ4n) is 5.00. The molecule has 1 aliphatic carbocycles. The topological polar surface area (TPSA) is 81.9 Å². The molecule has 2 aromatic heterocycles. The number of aromatic nitrogens is 4. The van der Waals surface area contributed by atoms with Crippen LogP contribution < -0.4 is 10.1 Å². The van der Waals surface area contributed by atoms with Crippen LogP contribution in [0.25, 0.3) is 5.82 Å². The molecule has 0 aliphatic heterocycles. The molecule has 190 valence electrons. The van der Waals surface area contributed by atoms with Crippen LogP contribution in [0.1, 0.15) is 54.0 Å². The summed E-state index contributed by atoms with van der Waals surface area (Å²) in [5.41, 5.74) is 4.32. The Balaban J connectivity index is 1.32. The molecule has 4 aromatic rings. The lowest BCUT2D eigenvalue weighted by Gasteiger charge is -2.28. The van der Waals surface area contributed by atoms with E-state index in [1.54, 1.807) is 6.07 Å². The van der Waals surface area contributed by atoms with Crippen molar-refractivity contribution in [2.24, 2.45) is 0 Å². The van der Waals surface area contributed by atoms with Crippen molar-refractivity contribution in [3.63, 3.8) is 0 Å². The molecule has 5 rings (SSSR count). The van der Waals surface area contributed by atoms with Gasteiger partial charge >= 0.3 is 0 Å². The summed E-state index contributed by atoms with van der Waals surface area (Å²) in [5.74, 6) is 2.30. The minimum atomic E-state index is -0.532. The number of anilines is 1. The zero-order valence-corrected chi connectivity index (χ0v) is 22.3. The first-order valence-electron chi connectivity index (χ1n) is 12.5. The first kappa shape index (κ1) is 25.0. The van der Waals surface area contributed by atoms with Crippen molar-refractivity contribution in [2.45, 2.75) is 58.8 Å². The predicted molar refractivity (Wildman–Crippen MR) is 145 cm³/mol. The lowest BCUT2D eigenvalue weighted by atomic mass is 9.78. The average Bonchev–Trinajstić information content (AvgIpc) is 3.47. The Hall–Kier alpha value is -3.71. The van der Waals surface area contributed by atoms with E-state index in [9.17, 15) is 4.79 Å². The number of amides is 1. The van der Waals surface area contributed by atoms with E-state index in [4.69, 9.17) is 16.3 Å². The molecule has 0 atom stereocenters. The van der Waals surface area contributed by atoms with Crippen molar-refractivity contribution in [1.29, 1.82) is 0 Å². The predicted octanol–water partition coefficient (Wildman–Crippen LogP) is 6.79. The van der Waals surface area contributed by atoms with E-state index >= 15 is 0 Å². The van der Waals surface area contributed by atoms with E-state index in [0.717, 1.165) is 53.9 Å². The Morgan fingerprint density at radius 2 is 1.65 bits per heavy atom. The van der Waals surface area contributed by atoms with Gasteiger partial charge in [-0.3, -0.25) is 4.79 Å². The van der Waals surface area contributed by atoms with Crippen molar-refractivity contribution in [2.75, 3.05) is 5.32 Å². The lowest BCUT2D eigenvalue weighted by Crippen LogP contribution is -2.37. The Labute approximate surface area is 221 Å². The quantitative estimate of drug-likeness (QED) is 0.305. The molecule has 0 unspecified atom stereocenters. The molecule has 0 spiro atoms. The summed E-state index contributed by atoms with van der Waals surface area (Å²) in [6.07, 6.45) is 3.71. The molecule has 7 nitrogen and oxygen atoms in total. The molecule has 1 fully saturated rings. The summed E-state index contributed by atoms with van der Waals surface area (Å²) in [7, 11) is 0. The Bertz CT molecular complexity index is 1440. The third-order valence-corrected chi connectivity index (χ3v) is 7.55. The van der Waals surface area contributed by atoms with E-state index in [1.165, 1.54) is 0 Å². The molecule has 0 bridgehead atoms. The number of rotatable bonds is 6. The summed E-state index contributed by atoms with van der Waals surface area (Å²) in [6, 6.07) is 16.8. The largest absolute Gasteiger partial charge is 0.439 e. The number of hydrogen-bond acceptors (Lipinski definition) is 5. The molecule has 0 saturated heterocycles. The Morgan fingerprint density at radius 1 is 0.973 bits per heavy atom. The third-order valence-electron chi connectivity index (χ3n) is 7.29. The third kappa shape index (κ3) is 4.96. The molecule has 1 N–H and O–H groups in total. The maximum atomic E-state index is 13.5. The fraction of sp³-hybridized carbons (Fsp3) is 0.310. The van der Waals surface area contributed by atoms with Gasteiger partial charge in [0, 0.05) is 22.5 Å². The van der Waals surface area contributed by atoms with Crippen LogP contribution in [0, 0.1) is 27.7 Å². The van der Waals surface area contributed by atoms with Crippen LogP contribution in [0.3, 0.4) is 0 Å². The smallest absolute Gasteiger partial charge is 0.235 e. The monoisotopic (exact) mass is 515 g/mol. The first-order valence-corrected chi connectivity index (χ1v) is 12.9. The average molecular weight is 516 g/mol. The van der Waals surface area contributed by atoms with Gasteiger partial charge in [0.25, 0.3) is 0 Å². The second kappa shape index (κ2) is 9.98. The van der Waals surface area contributed by atoms with Crippen molar-refractivity contribution < 1.29 is 9.53 Å². The van der Waals surface area contributed by atoms with Crippen LogP contribution in [-0.2, 0) is 10.2 Å². The molecule has 2 heterocycles. The van der Waals surface area contributed by atoms with Gasteiger partial charge in [-0.2, -0.15) is 10.1 Å². The van der Waals surface area contributed by atoms with E-state index in [0.29, 0.717) is 28.3 Å². The molecule has 0 radical (unpaired) electrons. The number of carbonyl (C=O) groups excluding carboxylic acids is 1. The van der Waals surface area contributed by atoms with Gasteiger partial charge in [0.05, 0.1) is 11.1 Å². The highest BCUT2D eigenvalue weighted by atomic mass is 35.5. The summed E-state index contributed by atoms with van der Waals surface area (Å²) < 4.78 is 7.85. The van der Waals surface area contributed by atoms with Gasteiger partial charge in [-0.25, -0.2) is 9.67 Å². The summed E-state index contributed by atoms with van der Waals surface area (Å²) in [4.78, 5) is 22.4. The van der Waals surface area contributed by atoms with Crippen LogP contribution >= 0.6 is 11.6 Å². The number of hydrogen-bond donors (Lipinski definition) is 1. The molecule has 1 aliphatic rings. The highest BCUT2D eigenvalue weighted by Crippen LogP contribution is 2.42. The summed E-state index contributed by atoms with van der Waals surface area (Å²) in [6.45, 7) is 7.87. The van der Waals surface area contributed by atoms with Crippen LogP contribution in [-0.4, -0.2) is 25.7 Å². The van der Waals surface area contributed by atoms with Crippen LogP contribution in [0.2, 0.25) is 5.02 Å². The SMILES string of the molecule is Cc1nc(Oc2ccc(NC(=O)C3(c4ccc(Cl)cc4)CCCC3)cc2)cc(-n2nc(C)c(C)c2C)n1. The highest BCUT2D eigenvalue weighted by molar-refractivity contribution is 6.30. The lowest BCUT2D eigenvalue weighted by molar-refractivity contribution is -0.121. The van der Waals surface area contributed by atoms with Gasteiger partial charge < -0.3 is 10.1 Å². The Morgan fingerprint density at radius 3 is 2.27 bits per heavy atom. The molecular weight excluding hydrogens is 486 g/mol. The van der Waals surface area contributed by atoms with Gasteiger partial charge in [0.2, 0.25) is 11.8 Å². The minimum absolute atomic E-state index is 0.0113. The normalized spacial score (nSPS) is 14.5. The second-order valence-electron chi connectivity index (χ2n) is 9.70. The van der Waals surface area contributed by atoms with Gasteiger partial charge in [0.1, 0.15) is 11.6 Å². The summed E-state index contributed by atoms with van der Waals surface area (Å²) >= 11 is 6.08. The minimum Gasteiger partial charge on any atom is -0.439 e. The zero-order valence-electron chi connectivity index (χ0n) is 21.5. The first-order chi connectivity index (χ1) is 17.7. The van der Waals surface area contributed by atoms with Gasteiger partial charge in [0.15, 0.2) is 5.82 Å². The molecule has 1 saturated carbocycles. The number of carbonyl (C=O) groups is 1. The van der Waals surface area contributed by atoms with Crippen LogP contribution in [0.5, 0.6) is 11.6 Å². The van der Waals surface area contributed by atoms with E-state index in [-0.39, 0.29) is 5.91 Å². The van der Waals surface area contributed by atoms with E-state index in [2.05, 4.69) is 20.4 Å². The Kier molecular flexibility index (Phi) is 6.73. The molecular formula is C29H30ClN5O2. The van der Waals surface area contributed by atoms with E-state index < -0.39 is 5.41 Å². The molecule has 1 amide bonds. The zero-order chi connectivity index (χ0) is 26.2. The number of ether oxygens (including phenoxy) is 1. The number of nitrogens with zero attached hydrogens (tertiary/aromatic N) is 4. The fourth-order valence-corrected chi connectivity index (χ4v) is 5.13. The van der Waals surface area contributed by atoms with Crippen molar-refractivity contribution in [3.8, 4) is 17.4 Å². The van der Waals surface area contributed by atoms with Gasteiger partial charge in [-0.05, 0) is 88.1 Å². The number of halogens is 1. The number of nitrogens with one attached hydrogen (secondary N) is 1. The van der Waals surface area contributed by atoms with Crippen molar-refractivity contribution in [1.82, 2.24) is 19.7 Å². The summed E-state index contributed by atoms with van der Waals surface area (Å²) in [5, 5.41) is 8.38. The maximum absolute atomic E-state index is 13.5. The number of aryl methyl sites for hydroxylation is 2. The van der Waals surface area contributed by atoms with Gasteiger partial charge in [-0.1, -0.05) is 36.6 Å². The second-order valence-corrected chi connectivity index (χ2v) is 10.1. The number of benzene rings is 2. The maximum Gasteiger partial charge on any atom is 0.235 e. The molecule has 8 heteroatoms. The molecule has 2 aromatic carbocycles. The standard InChI is InChI=1S/C29H30ClN5O2/c1-18-19(2)34-35(20(18)3)26-17-27(32-21(4)31-26)37-25-13-11-24(12-14-25)33-28(36)29(15-5-6-16-29)22-7-9-23(30)10-8-22/h7-14,17H,5-6,15-16H2,1-4H3,(H,33,36). The van der Waals surface area contributed by atoms with Crippen molar-refractivity contribution >= 4 is 23.2 Å². The van der Waals surface area contributed by atoms with Crippen LogP contribution in [0.15, 0.2) is 54.6 Å². The molecule has 37 heavy (non-hydrogen) atoms. The highest BCUT2D eigenvalue weighted by Gasteiger charge is 2.42. The van der Waals surface area contributed by atoms with E-state index in [1.807, 2.05) is 80.9 Å². The van der Waals surface area contributed by atoms with Crippen molar-refractivity contribution in [3.05, 3.63) is 88.0 Å².